The van der Waals surface area contributed by atoms with E-state index < -0.39 is 28.3 Å². The topological polar surface area (TPSA) is 119 Å². The van der Waals surface area contributed by atoms with Gasteiger partial charge >= 0.3 is 16.3 Å². The normalized spacial score (nSPS) is 30.0. The Labute approximate surface area is 122 Å². The zero-order chi connectivity index (χ0) is 15.2. The second-order valence-corrected chi connectivity index (χ2v) is 6.87. The molecule has 3 aliphatic heterocycles. The lowest BCUT2D eigenvalue weighted by Crippen LogP contribution is -2.69. The number of likely N-dealkylation sites (tertiary alicyclic amines) is 1. The van der Waals surface area contributed by atoms with Gasteiger partial charge in [0.2, 0.25) is 0 Å². The Bertz CT molecular complexity index is 559. The summed E-state index contributed by atoms with van der Waals surface area (Å²) >= 11 is 0. The van der Waals surface area contributed by atoms with Gasteiger partial charge in [-0.25, -0.2) is 9.10 Å². The van der Waals surface area contributed by atoms with Gasteiger partial charge in [0.25, 0.3) is 5.91 Å². The first-order valence-corrected chi connectivity index (χ1v) is 8.38. The summed E-state index contributed by atoms with van der Waals surface area (Å²) in [6.07, 6.45) is 2.02. The highest BCUT2D eigenvalue weighted by Gasteiger charge is 2.60. The zero-order valence-electron chi connectivity index (χ0n) is 11.4. The van der Waals surface area contributed by atoms with Gasteiger partial charge in [-0.05, 0) is 32.4 Å². The van der Waals surface area contributed by atoms with Gasteiger partial charge in [-0.3, -0.25) is 9.35 Å². The monoisotopic (exact) mass is 318 g/mol. The molecule has 2 atom stereocenters. The first-order valence-electron chi connectivity index (χ1n) is 6.98. The second-order valence-electron chi connectivity index (χ2n) is 5.58. The number of carbonyl (C=O) groups excluding carboxylic acids is 2. The molecule has 3 amide bonds. The quantitative estimate of drug-likeness (QED) is 0.423. The van der Waals surface area contributed by atoms with Crippen LogP contribution in [-0.4, -0.2) is 71.9 Å². The van der Waals surface area contributed by atoms with E-state index in [9.17, 15) is 18.0 Å². The fourth-order valence-corrected chi connectivity index (χ4v) is 4.17. The van der Waals surface area contributed by atoms with E-state index in [1.54, 1.807) is 0 Å². The van der Waals surface area contributed by atoms with Crippen LogP contribution in [0.25, 0.3) is 0 Å². The third-order valence-corrected chi connectivity index (χ3v) is 5.26. The molecule has 0 radical (unpaired) electrons. The molecule has 9 nitrogen and oxygen atoms in total. The van der Waals surface area contributed by atoms with Gasteiger partial charge in [-0.2, -0.15) is 8.42 Å². The van der Waals surface area contributed by atoms with Gasteiger partial charge in [0.1, 0.15) is 6.04 Å². The standard InChI is InChI=1S/C11H18N4O5S/c16-10-9-8(15(10)21(18,19)20)3-6-14(9)11(17)13-7-1-4-12-5-2-7/h7-9,12H,1-6H2,(H,13,17)(H,18,19,20)/t8-,9+/m1/s1. The highest BCUT2D eigenvalue weighted by Crippen LogP contribution is 2.35. The minimum absolute atomic E-state index is 0.0747. The summed E-state index contributed by atoms with van der Waals surface area (Å²) in [5.74, 6) is -0.736. The molecular weight excluding hydrogens is 300 g/mol. The number of amides is 3. The molecule has 0 aromatic rings. The van der Waals surface area contributed by atoms with E-state index in [1.165, 1.54) is 4.90 Å². The van der Waals surface area contributed by atoms with Crippen LogP contribution in [0.1, 0.15) is 19.3 Å². The summed E-state index contributed by atoms with van der Waals surface area (Å²) in [6, 6.07) is -1.66. The number of rotatable bonds is 2. The minimum Gasteiger partial charge on any atom is -0.335 e. The van der Waals surface area contributed by atoms with Crippen molar-refractivity contribution in [3.63, 3.8) is 0 Å². The van der Waals surface area contributed by atoms with Crippen LogP contribution in [0.2, 0.25) is 0 Å². The molecule has 3 fully saturated rings. The van der Waals surface area contributed by atoms with Crippen LogP contribution in [0.3, 0.4) is 0 Å². The van der Waals surface area contributed by atoms with Crippen LogP contribution >= 0.6 is 0 Å². The van der Waals surface area contributed by atoms with Crippen molar-refractivity contribution in [2.24, 2.45) is 0 Å². The number of carbonyl (C=O) groups is 2. The van der Waals surface area contributed by atoms with Crippen molar-refractivity contribution in [1.29, 1.82) is 0 Å². The average molecular weight is 318 g/mol. The maximum Gasteiger partial charge on any atom is 0.362 e. The van der Waals surface area contributed by atoms with E-state index in [4.69, 9.17) is 4.55 Å². The van der Waals surface area contributed by atoms with Crippen molar-refractivity contribution in [3.8, 4) is 0 Å². The fraction of sp³-hybridized carbons (Fsp3) is 0.818. The molecule has 0 aromatic carbocycles. The van der Waals surface area contributed by atoms with E-state index >= 15 is 0 Å². The van der Waals surface area contributed by atoms with Gasteiger partial charge in [-0.1, -0.05) is 0 Å². The summed E-state index contributed by atoms with van der Waals surface area (Å²) in [5, 5.41) is 6.08. The summed E-state index contributed by atoms with van der Waals surface area (Å²) in [7, 11) is -4.53. The summed E-state index contributed by atoms with van der Waals surface area (Å²) in [6.45, 7) is 1.99. The van der Waals surface area contributed by atoms with Gasteiger partial charge in [0, 0.05) is 12.6 Å². The molecule has 0 spiro atoms. The molecule has 118 valence electrons. The van der Waals surface area contributed by atoms with Gasteiger partial charge < -0.3 is 15.5 Å². The number of nitrogens with one attached hydrogen (secondary N) is 2. The molecule has 0 unspecified atom stereocenters. The number of hydrogen-bond acceptors (Lipinski definition) is 5. The third-order valence-electron chi connectivity index (χ3n) is 4.31. The number of fused-ring (bicyclic) bond motifs is 1. The van der Waals surface area contributed by atoms with Crippen LogP contribution in [0.4, 0.5) is 4.79 Å². The van der Waals surface area contributed by atoms with Crippen LogP contribution in [-0.2, 0) is 15.1 Å². The lowest BCUT2D eigenvalue weighted by atomic mass is 10.0. The molecule has 3 N–H and O–H groups in total. The van der Waals surface area contributed by atoms with E-state index in [-0.39, 0.29) is 12.1 Å². The van der Waals surface area contributed by atoms with E-state index in [1.807, 2.05) is 0 Å². The Morgan fingerprint density at radius 2 is 1.95 bits per heavy atom. The molecule has 3 aliphatic rings. The molecule has 3 saturated heterocycles. The average Bonchev–Trinajstić information content (AvgIpc) is 2.77. The maximum absolute atomic E-state index is 12.2. The van der Waals surface area contributed by atoms with Crippen LogP contribution in [0, 0.1) is 0 Å². The SMILES string of the molecule is O=C(NC1CCNCC1)N1CC[C@@H]2[C@H]1C(=O)N2S(=O)(=O)O. The van der Waals surface area contributed by atoms with E-state index in [0.717, 1.165) is 25.9 Å². The van der Waals surface area contributed by atoms with Crippen molar-refractivity contribution in [1.82, 2.24) is 19.8 Å². The number of piperidine rings is 1. The van der Waals surface area contributed by atoms with Gasteiger partial charge in [0.05, 0.1) is 6.04 Å². The predicted octanol–water partition coefficient (Wildman–Crippen LogP) is -1.46. The zero-order valence-corrected chi connectivity index (χ0v) is 12.2. The first kappa shape index (κ1) is 14.5. The minimum atomic E-state index is -4.53. The fourth-order valence-electron chi connectivity index (χ4n) is 3.27. The Morgan fingerprint density at radius 3 is 2.57 bits per heavy atom. The number of nitrogens with zero attached hydrogens (tertiary/aromatic N) is 2. The predicted molar refractivity (Wildman–Crippen MR) is 71.7 cm³/mol. The molecule has 0 aromatic heterocycles. The van der Waals surface area contributed by atoms with Gasteiger partial charge in [-0.15, -0.1) is 0 Å². The maximum atomic E-state index is 12.2. The van der Waals surface area contributed by atoms with Gasteiger partial charge in [0.15, 0.2) is 0 Å². The molecule has 0 saturated carbocycles. The molecule has 3 heterocycles. The summed E-state index contributed by atoms with van der Waals surface area (Å²) in [4.78, 5) is 25.4. The molecular formula is C11H18N4O5S. The Hall–Kier alpha value is -1.39. The van der Waals surface area contributed by atoms with Crippen molar-refractivity contribution in [3.05, 3.63) is 0 Å². The molecule has 0 bridgehead atoms. The Kier molecular flexibility index (Phi) is 3.54. The highest BCUT2D eigenvalue weighted by molar-refractivity contribution is 7.84. The lowest BCUT2D eigenvalue weighted by Gasteiger charge is -2.42. The number of hydrogen-bond donors (Lipinski definition) is 3. The van der Waals surface area contributed by atoms with Crippen molar-refractivity contribution < 1.29 is 22.6 Å². The second kappa shape index (κ2) is 5.11. The molecule has 3 rings (SSSR count). The summed E-state index contributed by atoms with van der Waals surface area (Å²) < 4.78 is 31.6. The Morgan fingerprint density at radius 1 is 1.29 bits per heavy atom. The van der Waals surface area contributed by atoms with Crippen LogP contribution < -0.4 is 10.6 Å². The number of urea groups is 1. The Balaban J connectivity index is 1.63. The number of β-lactam (4-membered cyclic amide) rings is 1. The van der Waals surface area contributed by atoms with E-state index in [0.29, 0.717) is 17.3 Å². The third kappa shape index (κ3) is 2.47. The summed E-state index contributed by atoms with van der Waals surface area (Å²) in [5.41, 5.74) is 0. The lowest BCUT2D eigenvalue weighted by molar-refractivity contribution is -0.143. The van der Waals surface area contributed by atoms with Crippen molar-refractivity contribution in [2.75, 3.05) is 19.6 Å². The smallest absolute Gasteiger partial charge is 0.335 e. The van der Waals surface area contributed by atoms with Crippen molar-refractivity contribution >= 4 is 22.2 Å². The molecule has 0 aliphatic carbocycles. The molecule has 21 heavy (non-hydrogen) atoms. The molecule has 10 heteroatoms. The first-order chi connectivity index (χ1) is 9.89. The largest absolute Gasteiger partial charge is 0.362 e. The van der Waals surface area contributed by atoms with E-state index in [2.05, 4.69) is 10.6 Å². The van der Waals surface area contributed by atoms with Crippen molar-refractivity contribution in [2.45, 2.75) is 37.4 Å². The van der Waals surface area contributed by atoms with Crippen LogP contribution in [0.15, 0.2) is 0 Å². The highest BCUT2D eigenvalue weighted by atomic mass is 32.2. The van der Waals surface area contributed by atoms with Crippen LogP contribution in [0.5, 0.6) is 0 Å².